The second kappa shape index (κ2) is 8.41. The molecule has 1 N–H and O–H groups in total. The van der Waals surface area contributed by atoms with Crippen molar-refractivity contribution >= 4 is 11.7 Å². The molecule has 1 fully saturated rings. The molecule has 3 heterocycles. The summed E-state index contributed by atoms with van der Waals surface area (Å²) in [7, 11) is 0. The van der Waals surface area contributed by atoms with Crippen molar-refractivity contribution in [1.29, 1.82) is 5.26 Å². The first kappa shape index (κ1) is 18.5. The summed E-state index contributed by atoms with van der Waals surface area (Å²) in [5, 5.41) is 11.7. The lowest BCUT2D eigenvalue weighted by molar-refractivity contribution is -0.122. The van der Waals surface area contributed by atoms with Crippen LogP contribution in [0.5, 0.6) is 0 Å². The van der Waals surface area contributed by atoms with Crippen molar-refractivity contribution in [3.63, 3.8) is 0 Å². The number of anilines is 1. The van der Waals surface area contributed by atoms with Gasteiger partial charge in [-0.25, -0.2) is 13.8 Å². The van der Waals surface area contributed by atoms with Crippen LogP contribution in [-0.2, 0) is 22.6 Å². The number of rotatable bonds is 5. The Balaban J connectivity index is 1.60. The topological polar surface area (TPSA) is 78.2 Å². The lowest BCUT2D eigenvalue weighted by Gasteiger charge is -2.33. The van der Waals surface area contributed by atoms with Crippen LogP contribution in [-0.4, -0.2) is 43.6 Å². The molecule has 0 aliphatic carbocycles. The van der Waals surface area contributed by atoms with Crippen molar-refractivity contribution in [3.8, 4) is 6.07 Å². The quantitative estimate of drug-likeness (QED) is 0.865. The third kappa shape index (κ3) is 4.47. The maximum absolute atomic E-state index is 12.1. The Morgan fingerprint density at radius 3 is 2.92 bits per heavy atom. The van der Waals surface area contributed by atoms with E-state index in [1.807, 2.05) is 6.07 Å². The van der Waals surface area contributed by atoms with Crippen LogP contribution in [0.15, 0.2) is 6.07 Å². The van der Waals surface area contributed by atoms with Gasteiger partial charge >= 0.3 is 0 Å². The van der Waals surface area contributed by atoms with Gasteiger partial charge in [0.25, 0.3) is 6.43 Å². The number of hydrogen-bond acceptors (Lipinski definition) is 5. The van der Waals surface area contributed by atoms with Gasteiger partial charge < -0.3 is 15.0 Å². The molecular weight excluding hydrogens is 342 g/mol. The molecule has 0 atom stereocenters. The minimum Gasteiger partial charge on any atom is -0.376 e. The largest absolute Gasteiger partial charge is 0.376 e. The van der Waals surface area contributed by atoms with Gasteiger partial charge in [-0.3, -0.25) is 4.79 Å². The van der Waals surface area contributed by atoms with E-state index in [0.29, 0.717) is 37.7 Å². The fourth-order valence-electron chi connectivity index (χ4n) is 3.47. The molecule has 1 aromatic heterocycles. The summed E-state index contributed by atoms with van der Waals surface area (Å²) in [6.45, 7) is 1.94. The molecular formula is C18H22F2N4O2. The second-order valence-electron chi connectivity index (χ2n) is 6.71. The number of ether oxygens (including phenoxy) is 1. The number of halogens is 2. The van der Waals surface area contributed by atoms with E-state index in [2.05, 4.69) is 16.3 Å². The van der Waals surface area contributed by atoms with Crippen LogP contribution in [0, 0.1) is 17.2 Å². The van der Waals surface area contributed by atoms with E-state index in [4.69, 9.17) is 9.72 Å². The lowest BCUT2D eigenvalue weighted by atomic mass is 9.93. The van der Waals surface area contributed by atoms with E-state index in [0.717, 1.165) is 30.5 Å². The smallest absolute Gasteiger partial charge is 0.255 e. The highest BCUT2D eigenvalue weighted by Gasteiger charge is 2.25. The van der Waals surface area contributed by atoms with Gasteiger partial charge in [0.05, 0.1) is 31.0 Å². The normalized spacial score (nSPS) is 17.7. The molecule has 0 spiro atoms. The first-order valence-electron chi connectivity index (χ1n) is 8.87. The van der Waals surface area contributed by atoms with Gasteiger partial charge in [0, 0.05) is 31.5 Å². The Bertz CT molecular complexity index is 697. The summed E-state index contributed by atoms with van der Waals surface area (Å²) in [4.78, 5) is 18.5. The van der Waals surface area contributed by atoms with Gasteiger partial charge in [0.2, 0.25) is 5.91 Å². The SMILES string of the molecule is N#Cc1cc2c(nc1N1CCC(CC(=O)NCC(F)F)CC1)CCOC2. The summed E-state index contributed by atoms with van der Waals surface area (Å²) in [5.74, 6) is 0.544. The monoisotopic (exact) mass is 364 g/mol. The number of carbonyl (C=O) groups excluding carboxylic acids is 1. The van der Waals surface area contributed by atoms with Crippen molar-refractivity contribution in [2.75, 3.05) is 31.1 Å². The van der Waals surface area contributed by atoms with Crippen LogP contribution in [0.2, 0.25) is 0 Å². The second-order valence-corrected chi connectivity index (χ2v) is 6.71. The highest BCUT2D eigenvalue weighted by atomic mass is 19.3. The van der Waals surface area contributed by atoms with Crippen molar-refractivity contribution in [2.45, 2.75) is 38.7 Å². The number of piperidine rings is 1. The van der Waals surface area contributed by atoms with Gasteiger partial charge in [-0.15, -0.1) is 0 Å². The third-order valence-corrected chi connectivity index (χ3v) is 4.87. The maximum atomic E-state index is 12.1. The molecule has 0 unspecified atom stereocenters. The first-order chi connectivity index (χ1) is 12.6. The number of amides is 1. The van der Waals surface area contributed by atoms with Crippen LogP contribution >= 0.6 is 0 Å². The number of nitrogens with one attached hydrogen (secondary N) is 1. The van der Waals surface area contributed by atoms with Crippen LogP contribution in [0.4, 0.5) is 14.6 Å². The number of alkyl halides is 2. The van der Waals surface area contributed by atoms with Gasteiger partial charge in [-0.2, -0.15) is 5.26 Å². The Morgan fingerprint density at radius 1 is 1.46 bits per heavy atom. The predicted molar refractivity (Wildman–Crippen MR) is 90.9 cm³/mol. The number of nitrogens with zero attached hydrogens (tertiary/aromatic N) is 3. The van der Waals surface area contributed by atoms with E-state index in [-0.39, 0.29) is 18.2 Å². The molecule has 0 bridgehead atoms. The standard InChI is InChI=1S/C18H22F2N4O2/c19-16(20)10-22-17(25)7-12-1-4-24(5-2-12)18-13(9-21)8-14-11-26-6-3-15(14)23-18/h8,12,16H,1-7,10-11H2,(H,22,25). The number of carbonyl (C=O) groups is 1. The van der Waals surface area contributed by atoms with E-state index in [1.165, 1.54) is 0 Å². The van der Waals surface area contributed by atoms with Crippen molar-refractivity contribution in [2.24, 2.45) is 5.92 Å². The zero-order valence-corrected chi connectivity index (χ0v) is 14.5. The van der Waals surface area contributed by atoms with Gasteiger partial charge in [-0.1, -0.05) is 0 Å². The average molecular weight is 364 g/mol. The van der Waals surface area contributed by atoms with Crippen molar-refractivity contribution in [3.05, 3.63) is 22.9 Å². The Labute approximate surface area is 151 Å². The number of nitriles is 1. The summed E-state index contributed by atoms with van der Waals surface area (Å²) in [5.41, 5.74) is 2.50. The fourth-order valence-corrected chi connectivity index (χ4v) is 3.47. The average Bonchev–Trinajstić information content (AvgIpc) is 2.66. The summed E-state index contributed by atoms with van der Waals surface area (Å²) < 4.78 is 29.7. The molecule has 8 heteroatoms. The highest BCUT2D eigenvalue weighted by molar-refractivity contribution is 5.76. The van der Waals surface area contributed by atoms with E-state index >= 15 is 0 Å². The van der Waals surface area contributed by atoms with E-state index in [1.54, 1.807) is 0 Å². The lowest BCUT2D eigenvalue weighted by Crippen LogP contribution is -2.37. The molecule has 2 aliphatic rings. The zero-order chi connectivity index (χ0) is 18.5. The molecule has 0 radical (unpaired) electrons. The summed E-state index contributed by atoms with van der Waals surface area (Å²) >= 11 is 0. The number of pyridine rings is 1. The number of hydrogen-bond donors (Lipinski definition) is 1. The molecule has 1 aromatic rings. The van der Waals surface area contributed by atoms with Crippen molar-refractivity contribution < 1.29 is 18.3 Å². The molecule has 140 valence electrons. The van der Waals surface area contributed by atoms with Crippen LogP contribution in [0.1, 0.15) is 36.1 Å². The molecule has 6 nitrogen and oxygen atoms in total. The molecule has 0 saturated carbocycles. The molecule has 1 saturated heterocycles. The Hall–Kier alpha value is -2.27. The van der Waals surface area contributed by atoms with Crippen LogP contribution < -0.4 is 10.2 Å². The Morgan fingerprint density at radius 2 is 2.23 bits per heavy atom. The first-order valence-corrected chi connectivity index (χ1v) is 8.87. The van der Waals surface area contributed by atoms with Gasteiger partial charge in [0.1, 0.15) is 11.9 Å². The fraction of sp³-hybridized carbons (Fsp3) is 0.611. The summed E-state index contributed by atoms with van der Waals surface area (Å²) in [6, 6.07) is 4.08. The maximum Gasteiger partial charge on any atom is 0.255 e. The number of fused-ring (bicyclic) bond motifs is 1. The molecule has 0 aromatic carbocycles. The van der Waals surface area contributed by atoms with Gasteiger partial charge in [0.15, 0.2) is 0 Å². The number of aromatic nitrogens is 1. The Kier molecular flexibility index (Phi) is 5.99. The van der Waals surface area contributed by atoms with E-state index in [9.17, 15) is 18.8 Å². The highest BCUT2D eigenvalue weighted by Crippen LogP contribution is 2.29. The minimum atomic E-state index is -2.52. The van der Waals surface area contributed by atoms with Crippen LogP contribution in [0.25, 0.3) is 0 Å². The van der Waals surface area contributed by atoms with Crippen molar-refractivity contribution in [1.82, 2.24) is 10.3 Å². The third-order valence-electron chi connectivity index (χ3n) is 4.87. The molecule has 1 amide bonds. The summed E-state index contributed by atoms with van der Waals surface area (Å²) in [6.07, 6.45) is 0.0322. The predicted octanol–water partition coefficient (Wildman–Crippen LogP) is 2.01. The molecule has 26 heavy (non-hydrogen) atoms. The van der Waals surface area contributed by atoms with E-state index < -0.39 is 13.0 Å². The zero-order valence-electron chi connectivity index (χ0n) is 14.5. The molecule has 2 aliphatic heterocycles. The minimum absolute atomic E-state index is 0.167. The molecule has 3 rings (SSSR count). The van der Waals surface area contributed by atoms with Gasteiger partial charge in [-0.05, 0) is 24.8 Å². The van der Waals surface area contributed by atoms with Crippen LogP contribution in [0.3, 0.4) is 0 Å².